The fourth-order valence-corrected chi connectivity index (χ4v) is 4.42. The molecule has 0 spiro atoms. The van der Waals surface area contributed by atoms with Crippen LogP contribution in [0.1, 0.15) is 36.0 Å². The highest BCUT2D eigenvalue weighted by Crippen LogP contribution is 2.27. The highest BCUT2D eigenvalue weighted by molar-refractivity contribution is 7.89. The number of likely N-dealkylation sites (tertiary alicyclic amines) is 1. The van der Waals surface area contributed by atoms with Gasteiger partial charge in [0.05, 0.1) is 10.6 Å². The zero-order valence-electron chi connectivity index (χ0n) is 13.5. The molecule has 1 saturated heterocycles. The smallest absolute Gasteiger partial charge is 0.338 e. The number of nitrogens with zero attached hydrogens (tertiary/aromatic N) is 1. The van der Waals surface area contributed by atoms with Crippen LogP contribution in [0, 0.1) is 0 Å². The Hall–Kier alpha value is -1.64. The van der Waals surface area contributed by atoms with Crippen LogP contribution in [-0.2, 0) is 19.6 Å². The predicted octanol–water partition coefficient (Wildman–Crippen LogP) is 1.56. The van der Waals surface area contributed by atoms with Crippen molar-refractivity contribution in [1.82, 2.24) is 9.62 Å². The Kier molecular flexibility index (Phi) is 5.31. The minimum Gasteiger partial charge on any atom is -0.452 e. The van der Waals surface area contributed by atoms with Crippen molar-refractivity contribution in [2.75, 3.05) is 19.7 Å². The molecule has 1 aromatic rings. The third-order valence-corrected chi connectivity index (χ3v) is 6.14. The van der Waals surface area contributed by atoms with Crippen LogP contribution in [0.25, 0.3) is 0 Å². The van der Waals surface area contributed by atoms with Gasteiger partial charge in [-0.15, -0.1) is 0 Å². The molecule has 1 heterocycles. The Morgan fingerprint density at radius 2 is 1.92 bits per heavy atom. The second-order valence-corrected chi connectivity index (χ2v) is 8.29. The van der Waals surface area contributed by atoms with Gasteiger partial charge in [-0.1, -0.05) is 11.6 Å². The van der Waals surface area contributed by atoms with Crippen molar-refractivity contribution >= 4 is 33.5 Å². The van der Waals surface area contributed by atoms with Gasteiger partial charge in [-0.05, 0) is 43.9 Å². The second kappa shape index (κ2) is 7.31. The third kappa shape index (κ3) is 4.50. The fraction of sp³-hybridized carbons (Fsp3) is 0.500. The molecule has 0 unspecified atom stereocenters. The number of esters is 1. The molecule has 25 heavy (non-hydrogen) atoms. The summed E-state index contributed by atoms with van der Waals surface area (Å²) in [6.07, 6.45) is 3.48. The molecule has 136 valence electrons. The highest BCUT2D eigenvalue weighted by atomic mass is 35.5. The van der Waals surface area contributed by atoms with Gasteiger partial charge in [-0.3, -0.25) is 4.79 Å². The number of amides is 1. The van der Waals surface area contributed by atoms with Crippen LogP contribution < -0.4 is 4.72 Å². The molecule has 1 aliphatic heterocycles. The van der Waals surface area contributed by atoms with E-state index < -0.39 is 16.0 Å². The molecule has 1 N–H and O–H groups in total. The minimum atomic E-state index is -3.79. The zero-order chi connectivity index (χ0) is 18.0. The van der Waals surface area contributed by atoms with Crippen LogP contribution in [0.15, 0.2) is 23.1 Å². The molecule has 0 atom stereocenters. The lowest BCUT2D eigenvalue weighted by Gasteiger charge is -2.15. The summed E-state index contributed by atoms with van der Waals surface area (Å²) in [5.74, 6) is -1.00. The normalized spacial score (nSPS) is 17.6. The first-order valence-corrected chi connectivity index (χ1v) is 10.00. The summed E-state index contributed by atoms with van der Waals surface area (Å²) >= 11 is 5.97. The van der Waals surface area contributed by atoms with E-state index in [9.17, 15) is 18.0 Å². The van der Waals surface area contributed by atoms with Crippen LogP contribution in [0.4, 0.5) is 0 Å². The second-order valence-electron chi connectivity index (χ2n) is 6.20. The molecule has 1 saturated carbocycles. The quantitative estimate of drug-likeness (QED) is 0.749. The molecule has 3 rings (SSSR count). The van der Waals surface area contributed by atoms with E-state index in [4.69, 9.17) is 16.3 Å². The Labute approximate surface area is 151 Å². The molecule has 2 aliphatic rings. The van der Waals surface area contributed by atoms with E-state index in [0.29, 0.717) is 13.1 Å². The predicted molar refractivity (Wildman–Crippen MR) is 90.9 cm³/mol. The number of rotatable bonds is 6. The van der Waals surface area contributed by atoms with Crippen LogP contribution in [0.3, 0.4) is 0 Å². The molecular weight excluding hydrogens is 368 g/mol. The number of carbonyl (C=O) groups excluding carboxylic acids is 2. The molecule has 0 radical (unpaired) electrons. The number of sulfonamides is 1. The highest BCUT2D eigenvalue weighted by Gasteiger charge is 2.30. The van der Waals surface area contributed by atoms with E-state index in [1.54, 1.807) is 4.90 Å². The first-order valence-electron chi connectivity index (χ1n) is 8.13. The van der Waals surface area contributed by atoms with Crippen LogP contribution in [-0.4, -0.2) is 50.9 Å². The molecule has 1 amide bonds. The summed E-state index contributed by atoms with van der Waals surface area (Å²) in [4.78, 5) is 25.5. The molecule has 9 heteroatoms. The SMILES string of the molecule is O=C(OCC(=O)N1CCCC1)c1ccc(Cl)c(S(=O)(=O)NC2CC2)c1. The van der Waals surface area contributed by atoms with Gasteiger partial charge in [0, 0.05) is 19.1 Å². The van der Waals surface area contributed by atoms with Crippen molar-refractivity contribution in [3.63, 3.8) is 0 Å². The van der Waals surface area contributed by atoms with Crippen molar-refractivity contribution in [2.45, 2.75) is 36.6 Å². The standard InChI is InChI=1S/C16H19ClN2O5S/c17-13-6-3-11(9-14(13)25(22,23)18-12-4-5-12)16(21)24-10-15(20)19-7-1-2-8-19/h3,6,9,12,18H,1-2,4-5,7-8,10H2. The minimum absolute atomic E-state index is 0.0258. The van der Waals surface area contributed by atoms with Crippen molar-refractivity contribution in [3.05, 3.63) is 28.8 Å². The molecule has 0 bridgehead atoms. The number of hydrogen-bond acceptors (Lipinski definition) is 5. The fourth-order valence-electron chi connectivity index (χ4n) is 2.59. The number of hydrogen-bond donors (Lipinski definition) is 1. The first-order chi connectivity index (χ1) is 11.9. The zero-order valence-corrected chi connectivity index (χ0v) is 15.1. The van der Waals surface area contributed by atoms with Crippen LogP contribution in [0.2, 0.25) is 5.02 Å². The molecule has 0 aromatic heterocycles. The maximum absolute atomic E-state index is 12.3. The lowest BCUT2D eigenvalue weighted by atomic mass is 10.2. The first kappa shape index (κ1) is 18.2. The van der Waals surface area contributed by atoms with Gasteiger partial charge in [0.2, 0.25) is 10.0 Å². The topological polar surface area (TPSA) is 92.8 Å². The molecular formula is C16H19ClN2O5S. The number of carbonyl (C=O) groups is 2. The van der Waals surface area contributed by atoms with Gasteiger partial charge in [-0.25, -0.2) is 17.9 Å². The maximum Gasteiger partial charge on any atom is 0.338 e. The summed E-state index contributed by atoms with van der Waals surface area (Å²) in [5, 5.41) is 0.0258. The van der Waals surface area contributed by atoms with Crippen molar-refractivity contribution in [2.24, 2.45) is 0 Å². The molecule has 7 nitrogen and oxygen atoms in total. The van der Waals surface area contributed by atoms with Crippen molar-refractivity contribution < 1.29 is 22.7 Å². The molecule has 2 fully saturated rings. The average molecular weight is 387 g/mol. The number of benzene rings is 1. The monoisotopic (exact) mass is 386 g/mol. The van der Waals surface area contributed by atoms with Gasteiger partial charge >= 0.3 is 5.97 Å². The molecule has 1 aliphatic carbocycles. The summed E-state index contributed by atoms with van der Waals surface area (Å²) in [5.41, 5.74) is 0.0368. The van der Waals surface area contributed by atoms with E-state index in [-0.39, 0.29) is 34.0 Å². The van der Waals surface area contributed by atoms with Crippen molar-refractivity contribution in [1.29, 1.82) is 0 Å². The van der Waals surface area contributed by atoms with Crippen LogP contribution in [0.5, 0.6) is 0 Å². The summed E-state index contributed by atoms with van der Waals surface area (Å²) in [6, 6.07) is 3.81. The maximum atomic E-state index is 12.3. The van der Waals surface area contributed by atoms with E-state index in [0.717, 1.165) is 25.7 Å². The van der Waals surface area contributed by atoms with Crippen molar-refractivity contribution in [3.8, 4) is 0 Å². The van der Waals surface area contributed by atoms with Gasteiger partial charge in [0.15, 0.2) is 6.61 Å². The Balaban J connectivity index is 1.68. The molecule has 1 aromatic carbocycles. The number of halogens is 1. The van der Waals surface area contributed by atoms with E-state index in [1.807, 2.05) is 0 Å². The lowest BCUT2D eigenvalue weighted by molar-refractivity contribution is -0.133. The van der Waals surface area contributed by atoms with Crippen LogP contribution >= 0.6 is 11.6 Å². The summed E-state index contributed by atoms with van der Waals surface area (Å²) < 4.78 is 32.2. The van der Waals surface area contributed by atoms with Gasteiger partial charge in [0.1, 0.15) is 4.90 Å². The van der Waals surface area contributed by atoms with E-state index >= 15 is 0 Å². The Morgan fingerprint density at radius 3 is 2.56 bits per heavy atom. The Morgan fingerprint density at radius 1 is 1.24 bits per heavy atom. The number of nitrogens with one attached hydrogen (secondary N) is 1. The lowest BCUT2D eigenvalue weighted by Crippen LogP contribution is -2.32. The average Bonchev–Trinajstić information content (AvgIpc) is 3.20. The number of ether oxygens (including phenoxy) is 1. The van der Waals surface area contributed by atoms with Gasteiger partial charge in [-0.2, -0.15) is 0 Å². The van der Waals surface area contributed by atoms with E-state index in [2.05, 4.69) is 4.72 Å². The summed E-state index contributed by atoms with van der Waals surface area (Å²) in [7, 11) is -3.79. The van der Waals surface area contributed by atoms with Gasteiger partial charge in [0.25, 0.3) is 5.91 Å². The van der Waals surface area contributed by atoms with Gasteiger partial charge < -0.3 is 9.64 Å². The third-order valence-electron chi connectivity index (χ3n) is 4.14. The summed E-state index contributed by atoms with van der Waals surface area (Å²) in [6.45, 7) is 0.989. The van der Waals surface area contributed by atoms with E-state index in [1.165, 1.54) is 18.2 Å². The Bertz CT molecular complexity index is 786. The largest absolute Gasteiger partial charge is 0.452 e.